The Bertz CT molecular complexity index is 578. The van der Waals surface area contributed by atoms with Gasteiger partial charge >= 0.3 is 5.76 Å². The van der Waals surface area contributed by atoms with E-state index < -0.39 is 5.76 Å². The third-order valence-corrected chi connectivity index (χ3v) is 3.74. The first kappa shape index (κ1) is 10.6. The lowest BCUT2D eigenvalue weighted by Gasteiger charge is -2.18. The molecule has 1 heterocycles. The molecule has 0 saturated heterocycles. The summed E-state index contributed by atoms with van der Waals surface area (Å²) >= 11 is 0. The Morgan fingerprint density at radius 1 is 1.35 bits per heavy atom. The monoisotopic (exact) mass is 232 g/mol. The number of hydrogen-bond donors (Lipinski definition) is 2. The van der Waals surface area contributed by atoms with Crippen LogP contribution in [0.5, 0.6) is 0 Å². The predicted molar refractivity (Wildman–Crippen MR) is 65.7 cm³/mol. The van der Waals surface area contributed by atoms with Crippen molar-refractivity contribution < 1.29 is 4.42 Å². The van der Waals surface area contributed by atoms with Gasteiger partial charge < -0.3 is 10.2 Å². The van der Waals surface area contributed by atoms with Crippen molar-refractivity contribution in [3.05, 3.63) is 34.3 Å². The summed E-state index contributed by atoms with van der Waals surface area (Å²) in [7, 11) is 0. The number of benzene rings is 1. The van der Waals surface area contributed by atoms with Crippen LogP contribution in [0.4, 0.5) is 0 Å². The summed E-state index contributed by atoms with van der Waals surface area (Å²) in [6, 6.07) is 5.78. The van der Waals surface area contributed by atoms with Gasteiger partial charge in [0.15, 0.2) is 5.58 Å². The van der Waals surface area contributed by atoms with E-state index in [2.05, 4.69) is 4.98 Å². The number of fused-ring (bicyclic) bond motifs is 1. The van der Waals surface area contributed by atoms with Gasteiger partial charge in [-0.05, 0) is 36.5 Å². The van der Waals surface area contributed by atoms with Crippen LogP contribution in [0.25, 0.3) is 11.1 Å². The number of nitrogens with one attached hydrogen (secondary N) is 1. The van der Waals surface area contributed by atoms with Crippen molar-refractivity contribution in [2.45, 2.75) is 31.7 Å². The van der Waals surface area contributed by atoms with E-state index in [4.69, 9.17) is 10.2 Å². The van der Waals surface area contributed by atoms with Crippen LogP contribution in [0, 0.1) is 5.92 Å². The summed E-state index contributed by atoms with van der Waals surface area (Å²) < 4.78 is 4.98. The van der Waals surface area contributed by atoms with Gasteiger partial charge in [0, 0.05) is 6.04 Å². The molecule has 3 rings (SSSR count). The highest BCUT2D eigenvalue weighted by Gasteiger charge is 2.23. The van der Waals surface area contributed by atoms with E-state index in [9.17, 15) is 4.79 Å². The molecule has 1 fully saturated rings. The molecule has 4 heteroatoms. The van der Waals surface area contributed by atoms with Crippen LogP contribution in [-0.2, 0) is 0 Å². The molecule has 1 saturated carbocycles. The molecule has 4 nitrogen and oxygen atoms in total. The van der Waals surface area contributed by atoms with Gasteiger partial charge in [-0.15, -0.1) is 0 Å². The van der Waals surface area contributed by atoms with Crippen molar-refractivity contribution in [3.8, 4) is 0 Å². The third kappa shape index (κ3) is 1.89. The highest BCUT2D eigenvalue weighted by atomic mass is 16.4. The number of rotatable bonds is 2. The van der Waals surface area contributed by atoms with Crippen LogP contribution in [0.2, 0.25) is 0 Å². The number of H-pyrrole nitrogens is 1. The number of nitrogens with two attached hydrogens (primary N) is 1. The minimum Gasteiger partial charge on any atom is -0.408 e. The number of aromatic nitrogens is 1. The van der Waals surface area contributed by atoms with Crippen molar-refractivity contribution in [3.63, 3.8) is 0 Å². The molecule has 0 spiro atoms. The smallest absolute Gasteiger partial charge is 0.408 e. The summed E-state index contributed by atoms with van der Waals surface area (Å²) in [5, 5.41) is 0. The fraction of sp³-hybridized carbons (Fsp3) is 0.462. The Hall–Kier alpha value is -1.55. The van der Waals surface area contributed by atoms with Crippen LogP contribution in [0.1, 0.15) is 37.3 Å². The maximum absolute atomic E-state index is 11.1. The zero-order chi connectivity index (χ0) is 11.8. The van der Waals surface area contributed by atoms with Crippen LogP contribution in [-0.4, -0.2) is 4.98 Å². The predicted octanol–water partition coefficient (Wildman–Crippen LogP) is 2.31. The molecule has 0 bridgehead atoms. The van der Waals surface area contributed by atoms with Crippen LogP contribution in [0.15, 0.2) is 27.4 Å². The largest absolute Gasteiger partial charge is 0.417 e. The van der Waals surface area contributed by atoms with Crippen molar-refractivity contribution in [2.24, 2.45) is 11.7 Å². The minimum absolute atomic E-state index is 0.0697. The molecule has 0 amide bonds. The molecule has 0 aliphatic heterocycles. The normalized spacial score (nSPS) is 18.9. The molecule has 1 atom stereocenters. The van der Waals surface area contributed by atoms with Gasteiger partial charge in [0.1, 0.15) is 0 Å². The first-order valence-corrected chi connectivity index (χ1v) is 6.12. The molecule has 17 heavy (non-hydrogen) atoms. The van der Waals surface area contributed by atoms with Crippen molar-refractivity contribution in [1.82, 2.24) is 4.98 Å². The number of aromatic amines is 1. The summed E-state index contributed by atoms with van der Waals surface area (Å²) in [4.78, 5) is 13.7. The van der Waals surface area contributed by atoms with Gasteiger partial charge in [0.05, 0.1) is 5.52 Å². The second-order valence-electron chi connectivity index (χ2n) is 4.84. The van der Waals surface area contributed by atoms with E-state index in [0.29, 0.717) is 11.5 Å². The highest BCUT2D eigenvalue weighted by Crippen LogP contribution is 2.34. The first-order valence-electron chi connectivity index (χ1n) is 6.12. The van der Waals surface area contributed by atoms with Gasteiger partial charge in [0.25, 0.3) is 0 Å². The molecule has 1 aromatic heterocycles. The molecular weight excluding hydrogens is 216 g/mol. The van der Waals surface area contributed by atoms with Crippen molar-refractivity contribution >= 4 is 11.1 Å². The lowest BCUT2D eigenvalue weighted by atomic mass is 9.92. The average Bonchev–Trinajstić information content (AvgIpc) is 2.94. The maximum Gasteiger partial charge on any atom is 0.417 e. The van der Waals surface area contributed by atoms with Gasteiger partial charge in [-0.25, -0.2) is 4.79 Å². The molecular formula is C13H16N2O2. The standard InChI is InChI=1S/C13H16N2O2/c14-12(8-3-1-2-4-8)9-5-6-11-10(7-9)15-13(16)17-11/h5-8,12H,1-4,14H2,(H,15,16). The van der Waals surface area contributed by atoms with E-state index in [0.717, 1.165) is 11.1 Å². The Kier molecular flexibility index (Phi) is 2.52. The zero-order valence-electron chi connectivity index (χ0n) is 9.61. The summed E-state index contributed by atoms with van der Waals surface area (Å²) in [5.74, 6) is 0.165. The van der Waals surface area contributed by atoms with Gasteiger partial charge in [0.2, 0.25) is 0 Å². The van der Waals surface area contributed by atoms with E-state index in [1.54, 1.807) is 0 Å². The number of oxazole rings is 1. The third-order valence-electron chi connectivity index (χ3n) is 3.74. The van der Waals surface area contributed by atoms with E-state index in [1.807, 2.05) is 18.2 Å². The molecule has 2 aromatic rings. The molecule has 3 N–H and O–H groups in total. The zero-order valence-corrected chi connectivity index (χ0v) is 9.61. The van der Waals surface area contributed by atoms with E-state index in [1.165, 1.54) is 25.7 Å². The maximum atomic E-state index is 11.1. The summed E-state index contributed by atoms with van der Waals surface area (Å²) in [6.45, 7) is 0. The second kappa shape index (κ2) is 4.04. The average molecular weight is 232 g/mol. The molecule has 1 aliphatic rings. The quantitative estimate of drug-likeness (QED) is 0.834. The van der Waals surface area contributed by atoms with Gasteiger partial charge in [-0.3, -0.25) is 4.98 Å². The lowest BCUT2D eigenvalue weighted by Crippen LogP contribution is -2.18. The first-order chi connectivity index (χ1) is 8.24. The highest BCUT2D eigenvalue weighted by molar-refractivity contribution is 5.72. The SMILES string of the molecule is NC(c1ccc2oc(=O)[nH]c2c1)C1CCCC1. The molecule has 0 radical (unpaired) electrons. The van der Waals surface area contributed by atoms with Crippen molar-refractivity contribution in [1.29, 1.82) is 0 Å². The molecule has 1 aromatic carbocycles. The lowest BCUT2D eigenvalue weighted by molar-refractivity contribution is 0.445. The van der Waals surface area contributed by atoms with Crippen molar-refractivity contribution in [2.75, 3.05) is 0 Å². The Labute approximate surface area is 98.8 Å². The van der Waals surface area contributed by atoms with Gasteiger partial charge in [-0.2, -0.15) is 0 Å². The van der Waals surface area contributed by atoms with Crippen LogP contribution >= 0.6 is 0 Å². The van der Waals surface area contributed by atoms with E-state index in [-0.39, 0.29) is 6.04 Å². The summed E-state index contributed by atoms with van der Waals surface area (Å²) in [6.07, 6.45) is 4.98. The van der Waals surface area contributed by atoms with Crippen LogP contribution < -0.4 is 11.5 Å². The summed E-state index contributed by atoms with van der Waals surface area (Å²) in [5.41, 5.74) is 8.69. The van der Waals surface area contributed by atoms with Gasteiger partial charge in [-0.1, -0.05) is 18.9 Å². The molecule has 90 valence electrons. The van der Waals surface area contributed by atoms with Crippen LogP contribution in [0.3, 0.4) is 0 Å². The fourth-order valence-electron chi connectivity index (χ4n) is 2.77. The topological polar surface area (TPSA) is 72.0 Å². The molecule has 1 aliphatic carbocycles. The Morgan fingerprint density at radius 3 is 2.88 bits per heavy atom. The van der Waals surface area contributed by atoms with E-state index >= 15 is 0 Å². The molecule has 1 unspecified atom stereocenters. The Morgan fingerprint density at radius 2 is 2.12 bits per heavy atom. The Balaban J connectivity index is 1.96. The minimum atomic E-state index is -0.411. The fourth-order valence-corrected chi connectivity index (χ4v) is 2.77. The second-order valence-corrected chi connectivity index (χ2v) is 4.84. The number of hydrogen-bond acceptors (Lipinski definition) is 3.